The molecular weight excluding hydrogens is 308 g/mol. The Morgan fingerprint density at radius 2 is 2.26 bits per heavy atom. The SMILES string of the molecule is CC1CCSC1n1cc(C(=O)NC2CCCCC2CCN)cn1. The summed E-state index contributed by atoms with van der Waals surface area (Å²) in [5, 5.41) is 8.04. The molecule has 2 heterocycles. The molecule has 0 spiro atoms. The maximum atomic E-state index is 12.6. The lowest BCUT2D eigenvalue weighted by Gasteiger charge is -2.31. The van der Waals surface area contributed by atoms with Gasteiger partial charge in [0.25, 0.3) is 5.91 Å². The van der Waals surface area contributed by atoms with Crippen molar-refractivity contribution in [3.8, 4) is 0 Å². The summed E-state index contributed by atoms with van der Waals surface area (Å²) in [5.41, 5.74) is 6.40. The summed E-state index contributed by atoms with van der Waals surface area (Å²) >= 11 is 1.93. The minimum atomic E-state index is 0.0146. The lowest BCUT2D eigenvalue weighted by Crippen LogP contribution is -2.42. The van der Waals surface area contributed by atoms with E-state index in [2.05, 4.69) is 17.3 Å². The van der Waals surface area contributed by atoms with Gasteiger partial charge in [0, 0.05) is 12.2 Å². The molecule has 0 radical (unpaired) electrons. The quantitative estimate of drug-likeness (QED) is 0.867. The monoisotopic (exact) mass is 336 g/mol. The van der Waals surface area contributed by atoms with Gasteiger partial charge >= 0.3 is 0 Å². The zero-order valence-corrected chi connectivity index (χ0v) is 14.7. The molecule has 1 aliphatic heterocycles. The summed E-state index contributed by atoms with van der Waals surface area (Å²) in [6.45, 7) is 2.96. The molecule has 2 fully saturated rings. The molecule has 1 saturated carbocycles. The van der Waals surface area contributed by atoms with E-state index in [1.807, 2.05) is 22.6 Å². The number of nitrogens with zero attached hydrogens (tertiary/aromatic N) is 2. The van der Waals surface area contributed by atoms with Crippen LogP contribution in [-0.2, 0) is 0 Å². The fourth-order valence-corrected chi connectivity index (χ4v) is 5.30. The first-order valence-electron chi connectivity index (χ1n) is 8.85. The molecule has 4 atom stereocenters. The number of rotatable bonds is 5. The molecule has 1 saturated heterocycles. The van der Waals surface area contributed by atoms with Gasteiger partial charge in [0.1, 0.15) is 0 Å². The van der Waals surface area contributed by atoms with Crippen molar-refractivity contribution in [1.82, 2.24) is 15.1 Å². The molecule has 3 rings (SSSR count). The first kappa shape index (κ1) is 16.8. The van der Waals surface area contributed by atoms with E-state index >= 15 is 0 Å². The highest BCUT2D eigenvalue weighted by Gasteiger charge is 2.29. The molecule has 5 nitrogen and oxygen atoms in total. The Labute approximate surface area is 142 Å². The Balaban J connectivity index is 1.62. The molecule has 1 amide bonds. The Morgan fingerprint density at radius 1 is 1.43 bits per heavy atom. The Morgan fingerprint density at radius 3 is 3.00 bits per heavy atom. The van der Waals surface area contributed by atoms with E-state index in [9.17, 15) is 4.79 Å². The first-order chi connectivity index (χ1) is 11.2. The largest absolute Gasteiger partial charge is 0.349 e. The second-order valence-corrected chi connectivity index (χ2v) is 8.16. The van der Waals surface area contributed by atoms with Gasteiger partial charge in [-0.15, -0.1) is 11.8 Å². The molecule has 1 aromatic rings. The topological polar surface area (TPSA) is 72.9 Å². The average molecular weight is 337 g/mol. The lowest BCUT2D eigenvalue weighted by atomic mass is 9.82. The summed E-state index contributed by atoms with van der Waals surface area (Å²) < 4.78 is 1.97. The van der Waals surface area contributed by atoms with Gasteiger partial charge in [-0.1, -0.05) is 19.8 Å². The molecule has 1 aliphatic carbocycles. The maximum absolute atomic E-state index is 12.6. The number of aromatic nitrogens is 2. The molecule has 23 heavy (non-hydrogen) atoms. The van der Waals surface area contributed by atoms with Crippen molar-refractivity contribution in [2.45, 2.75) is 56.9 Å². The van der Waals surface area contributed by atoms with Gasteiger partial charge in [0.05, 0.1) is 17.1 Å². The van der Waals surface area contributed by atoms with E-state index in [1.165, 1.54) is 31.4 Å². The van der Waals surface area contributed by atoms with Gasteiger partial charge in [-0.05, 0) is 49.8 Å². The highest BCUT2D eigenvalue weighted by molar-refractivity contribution is 7.99. The van der Waals surface area contributed by atoms with Gasteiger partial charge < -0.3 is 11.1 Å². The number of carbonyl (C=O) groups excluding carboxylic acids is 1. The second-order valence-electron chi connectivity index (χ2n) is 6.94. The Kier molecular flexibility index (Phi) is 5.64. The van der Waals surface area contributed by atoms with Gasteiger partial charge in [0.15, 0.2) is 0 Å². The average Bonchev–Trinajstić information content (AvgIpc) is 3.18. The van der Waals surface area contributed by atoms with Crippen molar-refractivity contribution in [1.29, 1.82) is 0 Å². The van der Waals surface area contributed by atoms with Crippen molar-refractivity contribution in [2.75, 3.05) is 12.3 Å². The fourth-order valence-electron chi connectivity index (χ4n) is 3.82. The second kappa shape index (κ2) is 7.71. The predicted molar refractivity (Wildman–Crippen MR) is 94.4 cm³/mol. The van der Waals surface area contributed by atoms with Crippen molar-refractivity contribution in [3.63, 3.8) is 0 Å². The number of hydrogen-bond acceptors (Lipinski definition) is 4. The smallest absolute Gasteiger partial charge is 0.254 e. The van der Waals surface area contributed by atoms with Crippen molar-refractivity contribution in [3.05, 3.63) is 18.0 Å². The molecule has 128 valence electrons. The fraction of sp³-hybridized carbons (Fsp3) is 0.765. The van der Waals surface area contributed by atoms with Crippen molar-refractivity contribution >= 4 is 17.7 Å². The van der Waals surface area contributed by atoms with E-state index in [4.69, 9.17) is 5.73 Å². The minimum Gasteiger partial charge on any atom is -0.349 e. The first-order valence-corrected chi connectivity index (χ1v) is 9.90. The van der Waals surface area contributed by atoms with Crippen LogP contribution in [0.4, 0.5) is 0 Å². The number of nitrogens with two attached hydrogens (primary N) is 1. The van der Waals surface area contributed by atoms with Gasteiger partial charge in [-0.2, -0.15) is 5.10 Å². The number of nitrogens with one attached hydrogen (secondary N) is 1. The Bertz CT molecular complexity index is 530. The summed E-state index contributed by atoms with van der Waals surface area (Å²) in [7, 11) is 0. The maximum Gasteiger partial charge on any atom is 0.254 e. The summed E-state index contributed by atoms with van der Waals surface area (Å²) in [5.74, 6) is 2.33. The van der Waals surface area contributed by atoms with Crippen LogP contribution in [0.2, 0.25) is 0 Å². The normalized spacial score (nSPS) is 31.2. The molecule has 6 heteroatoms. The number of amides is 1. The van der Waals surface area contributed by atoms with Crippen molar-refractivity contribution in [2.24, 2.45) is 17.6 Å². The number of thioether (sulfide) groups is 1. The summed E-state index contributed by atoms with van der Waals surface area (Å²) in [4.78, 5) is 12.6. The van der Waals surface area contributed by atoms with Crippen LogP contribution >= 0.6 is 11.8 Å². The van der Waals surface area contributed by atoms with E-state index in [-0.39, 0.29) is 11.9 Å². The highest BCUT2D eigenvalue weighted by Crippen LogP contribution is 2.40. The van der Waals surface area contributed by atoms with Gasteiger partial charge in [-0.25, -0.2) is 0 Å². The van der Waals surface area contributed by atoms with Crippen LogP contribution in [0.3, 0.4) is 0 Å². The predicted octanol–water partition coefficient (Wildman–Crippen LogP) is 2.79. The molecule has 2 aliphatic rings. The zero-order chi connectivity index (χ0) is 16.2. The van der Waals surface area contributed by atoms with E-state index in [0.29, 0.717) is 29.3 Å². The van der Waals surface area contributed by atoms with Crippen LogP contribution in [0, 0.1) is 11.8 Å². The summed E-state index contributed by atoms with van der Waals surface area (Å²) in [6.07, 6.45) is 10.5. The lowest BCUT2D eigenvalue weighted by molar-refractivity contribution is 0.0903. The van der Waals surface area contributed by atoms with Crippen LogP contribution < -0.4 is 11.1 Å². The van der Waals surface area contributed by atoms with Gasteiger partial charge in [-0.3, -0.25) is 9.48 Å². The zero-order valence-electron chi connectivity index (χ0n) is 13.9. The minimum absolute atomic E-state index is 0.0146. The van der Waals surface area contributed by atoms with Crippen LogP contribution in [0.5, 0.6) is 0 Å². The third-order valence-electron chi connectivity index (χ3n) is 5.24. The van der Waals surface area contributed by atoms with Crippen LogP contribution in [0.25, 0.3) is 0 Å². The van der Waals surface area contributed by atoms with Crippen LogP contribution in [-0.4, -0.2) is 34.0 Å². The number of carbonyl (C=O) groups is 1. The third-order valence-corrected chi connectivity index (χ3v) is 6.73. The standard InChI is InChI=1S/C17H28N4OS/c1-12-7-9-23-17(12)21-11-14(10-19-21)16(22)20-15-5-3-2-4-13(15)6-8-18/h10-13,15,17H,2-9,18H2,1H3,(H,20,22). The van der Waals surface area contributed by atoms with E-state index in [1.54, 1.807) is 6.20 Å². The van der Waals surface area contributed by atoms with Gasteiger partial charge in [0.2, 0.25) is 0 Å². The van der Waals surface area contributed by atoms with Crippen LogP contribution in [0.15, 0.2) is 12.4 Å². The van der Waals surface area contributed by atoms with E-state index < -0.39 is 0 Å². The number of hydrogen-bond donors (Lipinski definition) is 2. The highest BCUT2D eigenvalue weighted by atomic mass is 32.2. The van der Waals surface area contributed by atoms with Crippen LogP contribution in [0.1, 0.15) is 61.2 Å². The Hall–Kier alpha value is -1.01. The molecule has 3 N–H and O–H groups in total. The molecule has 0 bridgehead atoms. The molecular formula is C17H28N4OS. The molecule has 0 aromatic carbocycles. The van der Waals surface area contributed by atoms with Crippen molar-refractivity contribution < 1.29 is 4.79 Å². The molecule has 4 unspecified atom stereocenters. The van der Waals surface area contributed by atoms with E-state index in [0.717, 1.165) is 12.8 Å². The third kappa shape index (κ3) is 3.91. The molecule has 1 aromatic heterocycles. The summed E-state index contributed by atoms with van der Waals surface area (Å²) in [6, 6.07) is 0.267.